The summed E-state index contributed by atoms with van der Waals surface area (Å²) in [4.78, 5) is 27.7. The largest absolute Gasteiger partial charge is 0.480 e. The number of aryl methyl sites for hydroxylation is 1. The van der Waals surface area contributed by atoms with Crippen LogP contribution in [0.5, 0.6) is 0 Å². The number of carbonyl (C=O) groups is 2. The predicted molar refractivity (Wildman–Crippen MR) is 167 cm³/mol. The molecule has 1 heterocycles. The number of likely N-dealkylation sites (tertiary alicyclic amines) is 1. The molecule has 8 nitrogen and oxygen atoms in total. The van der Waals surface area contributed by atoms with Crippen LogP contribution in [0.2, 0.25) is 0 Å². The minimum Gasteiger partial charge on any atom is -0.480 e. The van der Waals surface area contributed by atoms with Gasteiger partial charge in [0.25, 0.3) is 5.91 Å². The van der Waals surface area contributed by atoms with Gasteiger partial charge in [0.1, 0.15) is 6.04 Å². The van der Waals surface area contributed by atoms with E-state index >= 15 is 0 Å². The Bertz CT molecular complexity index is 1500. The van der Waals surface area contributed by atoms with Gasteiger partial charge in [0.15, 0.2) is 9.84 Å². The smallest absolute Gasteiger partial charge is 0.326 e. The first-order chi connectivity index (χ1) is 20.1. The van der Waals surface area contributed by atoms with Gasteiger partial charge >= 0.3 is 5.97 Å². The molecular weight excluding hydrogens is 572 g/mol. The van der Waals surface area contributed by atoms with Crippen LogP contribution in [0.4, 0.5) is 0 Å². The predicted octanol–water partition coefficient (Wildman–Crippen LogP) is 4.66. The van der Waals surface area contributed by atoms with Crippen molar-refractivity contribution in [2.45, 2.75) is 48.5 Å². The Balaban J connectivity index is 1.64. The van der Waals surface area contributed by atoms with Crippen LogP contribution in [-0.4, -0.2) is 79.9 Å². The van der Waals surface area contributed by atoms with E-state index < -0.39 is 33.0 Å². The van der Waals surface area contributed by atoms with Crippen LogP contribution in [0.25, 0.3) is 11.1 Å². The van der Waals surface area contributed by atoms with Crippen molar-refractivity contribution in [1.82, 2.24) is 10.2 Å². The van der Waals surface area contributed by atoms with Crippen molar-refractivity contribution in [1.29, 1.82) is 0 Å². The topological polar surface area (TPSA) is 113 Å². The summed E-state index contributed by atoms with van der Waals surface area (Å²) in [5.41, 5.74) is 3.87. The summed E-state index contributed by atoms with van der Waals surface area (Å²) in [5, 5.41) is 11.8. The van der Waals surface area contributed by atoms with Crippen molar-refractivity contribution in [2.24, 2.45) is 0 Å². The van der Waals surface area contributed by atoms with Crippen molar-refractivity contribution in [3.63, 3.8) is 0 Å². The van der Waals surface area contributed by atoms with Crippen LogP contribution in [0.15, 0.2) is 77.7 Å². The minimum atomic E-state index is -3.51. The molecule has 10 heteroatoms. The number of amides is 1. The van der Waals surface area contributed by atoms with Gasteiger partial charge in [0, 0.05) is 31.8 Å². The summed E-state index contributed by atoms with van der Waals surface area (Å²) in [5.74, 6) is -0.897. The van der Waals surface area contributed by atoms with Crippen LogP contribution < -0.4 is 5.32 Å². The van der Waals surface area contributed by atoms with Crippen molar-refractivity contribution in [3.05, 3.63) is 89.5 Å². The maximum Gasteiger partial charge on any atom is 0.326 e. The van der Waals surface area contributed by atoms with E-state index in [4.69, 9.17) is 4.74 Å². The van der Waals surface area contributed by atoms with E-state index in [-0.39, 0.29) is 6.04 Å². The number of nitrogens with zero attached hydrogens (tertiary/aromatic N) is 1. The van der Waals surface area contributed by atoms with E-state index in [1.165, 1.54) is 11.8 Å². The standard InChI is InChI=1S/C32H38N2O6S2/c1-22-9-7-8-12-27(22)29-17-23(13-14-28(29)31(35)33-30(32(36)37)15-16-41-3)19-34-20-26(18-24(34)21-40-2)42(38,39)25-10-5-4-6-11-25/h4-14,17,24,26,30H,15-16,18-21H2,1-3H3,(H,33,35)(H,36,37)/t24-,26?,30-/m0/s1. The number of nitrogens with one attached hydrogen (secondary N) is 1. The van der Waals surface area contributed by atoms with E-state index in [0.717, 1.165) is 16.7 Å². The lowest BCUT2D eigenvalue weighted by Crippen LogP contribution is -2.41. The number of sulfone groups is 1. The van der Waals surface area contributed by atoms with E-state index in [0.29, 0.717) is 54.3 Å². The Morgan fingerprint density at radius 1 is 1.07 bits per heavy atom. The molecule has 1 aliphatic rings. The number of carboxylic acid groups (broad SMARTS) is 1. The number of hydrogen-bond donors (Lipinski definition) is 2. The fourth-order valence-corrected chi connectivity index (χ4v) is 7.73. The highest BCUT2D eigenvalue weighted by molar-refractivity contribution is 7.98. The Morgan fingerprint density at radius 3 is 2.45 bits per heavy atom. The molecule has 1 fully saturated rings. The van der Waals surface area contributed by atoms with Crippen molar-refractivity contribution >= 4 is 33.5 Å². The Morgan fingerprint density at radius 2 is 1.79 bits per heavy atom. The second kappa shape index (κ2) is 14.3. The van der Waals surface area contributed by atoms with E-state index in [1.807, 2.05) is 49.6 Å². The quantitative estimate of drug-likeness (QED) is 0.287. The average molecular weight is 611 g/mol. The lowest BCUT2D eigenvalue weighted by molar-refractivity contribution is -0.139. The Kier molecular flexibility index (Phi) is 10.8. The molecule has 0 bridgehead atoms. The minimum absolute atomic E-state index is 0.0869. The van der Waals surface area contributed by atoms with Crippen molar-refractivity contribution in [2.75, 3.05) is 32.3 Å². The van der Waals surface area contributed by atoms with Crippen LogP contribution in [0.3, 0.4) is 0 Å². The van der Waals surface area contributed by atoms with Gasteiger partial charge in [0.05, 0.1) is 16.8 Å². The van der Waals surface area contributed by atoms with Crippen LogP contribution in [0.1, 0.15) is 34.3 Å². The van der Waals surface area contributed by atoms with Crippen molar-refractivity contribution < 1.29 is 27.9 Å². The fourth-order valence-electron chi connectivity index (χ4n) is 5.47. The molecular formula is C32H38N2O6S2. The Labute approximate surface area is 252 Å². The number of benzene rings is 3. The van der Waals surface area contributed by atoms with E-state index in [1.54, 1.807) is 43.5 Å². The molecule has 3 aromatic carbocycles. The molecule has 0 radical (unpaired) electrons. The highest BCUT2D eigenvalue weighted by Gasteiger charge is 2.40. The molecule has 3 aromatic rings. The SMILES string of the molecule is COC[C@@H]1CC(S(=O)(=O)c2ccccc2)CN1Cc1ccc(C(=O)N[C@@H](CCSC)C(=O)O)c(-c2ccccc2C)c1. The first-order valence-corrected chi connectivity index (χ1v) is 16.8. The van der Waals surface area contributed by atoms with Gasteiger partial charge in [-0.2, -0.15) is 11.8 Å². The highest BCUT2D eigenvalue weighted by atomic mass is 32.2. The molecule has 42 heavy (non-hydrogen) atoms. The molecule has 2 N–H and O–H groups in total. The van der Waals surface area contributed by atoms with Gasteiger partial charge < -0.3 is 15.2 Å². The van der Waals surface area contributed by atoms with E-state index in [2.05, 4.69) is 10.2 Å². The zero-order chi connectivity index (χ0) is 30.3. The number of aliphatic carboxylic acids is 1. The molecule has 224 valence electrons. The monoisotopic (exact) mass is 610 g/mol. The summed E-state index contributed by atoms with van der Waals surface area (Å²) < 4.78 is 32.3. The number of thioether (sulfide) groups is 1. The van der Waals surface area contributed by atoms with Crippen LogP contribution >= 0.6 is 11.8 Å². The third-order valence-electron chi connectivity index (χ3n) is 7.72. The molecule has 4 rings (SSSR count). The summed E-state index contributed by atoms with van der Waals surface area (Å²) in [7, 11) is -1.90. The summed E-state index contributed by atoms with van der Waals surface area (Å²) >= 11 is 1.53. The third-order valence-corrected chi connectivity index (χ3v) is 10.5. The first kappa shape index (κ1) is 31.7. The maximum atomic E-state index is 13.4. The molecule has 1 saturated heterocycles. The molecule has 0 aromatic heterocycles. The van der Waals surface area contributed by atoms with Gasteiger partial charge in [-0.1, -0.05) is 48.5 Å². The summed E-state index contributed by atoms with van der Waals surface area (Å²) in [6.07, 6.45) is 2.68. The Hall–Kier alpha value is -3.18. The molecule has 1 amide bonds. The molecule has 3 atom stereocenters. The first-order valence-electron chi connectivity index (χ1n) is 13.9. The molecule has 1 aliphatic heterocycles. The number of hydrogen-bond acceptors (Lipinski definition) is 7. The lowest BCUT2D eigenvalue weighted by atomic mass is 9.93. The second-order valence-corrected chi connectivity index (χ2v) is 13.8. The fraction of sp³-hybridized carbons (Fsp3) is 0.375. The van der Waals surface area contributed by atoms with Gasteiger partial charge in [-0.25, -0.2) is 13.2 Å². The number of methoxy groups -OCH3 is 1. The van der Waals surface area contributed by atoms with Crippen LogP contribution in [0, 0.1) is 6.92 Å². The molecule has 1 unspecified atom stereocenters. The lowest BCUT2D eigenvalue weighted by Gasteiger charge is -2.24. The number of carbonyl (C=O) groups excluding carboxylic acids is 1. The molecule has 0 saturated carbocycles. The molecule has 0 aliphatic carbocycles. The normalized spacial score (nSPS) is 18.1. The van der Waals surface area contributed by atoms with Crippen LogP contribution in [-0.2, 0) is 25.9 Å². The molecule has 0 spiro atoms. The summed E-state index contributed by atoms with van der Waals surface area (Å²) in [6, 6.07) is 20.8. The zero-order valence-electron chi connectivity index (χ0n) is 24.2. The van der Waals surface area contributed by atoms with Crippen molar-refractivity contribution in [3.8, 4) is 11.1 Å². The number of carboxylic acids is 1. The highest BCUT2D eigenvalue weighted by Crippen LogP contribution is 2.32. The van der Waals surface area contributed by atoms with E-state index in [9.17, 15) is 23.1 Å². The third kappa shape index (κ3) is 7.42. The maximum absolute atomic E-state index is 13.4. The average Bonchev–Trinajstić information content (AvgIpc) is 3.38. The summed E-state index contributed by atoms with van der Waals surface area (Å²) in [6.45, 7) is 3.21. The van der Waals surface area contributed by atoms with Gasteiger partial charge in [-0.3, -0.25) is 9.69 Å². The second-order valence-electron chi connectivity index (χ2n) is 10.6. The zero-order valence-corrected chi connectivity index (χ0v) is 25.8. The van der Waals surface area contributed by atoms with Gasteiger partial charge in [-0.05, 0) is 78.3 Å². The van der Waals surface area contributed by atoms with Gasteiger partial charge in [-0.15, -0.1) is 0 Å². The van der Waals surface area contributed by atoms with Gasteiger partial charge in [0.2, 0.25) is 0 Å². The number of ether oxygens (including phenoxy) is 1. The number of rotatable bonds is 13.